The van der Waals surface area contributed by atoms with Gasteiger partial charge in [0.15, 0.2) is 0 Å². The van der Waals surface area contributed by atoms with Gasteiger partial charge in [0.2, 0.25) is 5.91 Å². The van der Waals surface area contributed by atoms with Crippen molar-refractivity contribution in [3.8, 4) is 5.75 Å². The Labute approximate surface area is 169 Å². The molecule has 154 valence electrons. The Bertz CT molecular complexity index is 1030. The summed E-state index contributed by atoms with van der Waals surface area (Å²) >= 11 is 0. The molecular formula is C20H23N3O5S. The minimum Gasteiger partial charge on any atom is -0.496 e. The summed E-state index contributed by atoms with van der Waals surface area (Å²) in [5, 5.41) is 2.60. The third-order valence-corrected chi connectivity index (χ3v) is 5.92. The summed E-state index contributed by atoms with van der Waals surface area (Å²) in [7, 11) is -2.51. The van der Waals surface area contributed by atoms with Gasteiger partial charge in [0, 0.05) is 25.7 Å². The number of ether oxygens (including phenoxy) is 1. The van der Waals surface area contributed by atoms with Crippen LogP contribution in [0.25, 0.3) is 0 Å². The number of benzene rings is 2. The van der Waals surface area contributed by atoms with Crippen molar-refractivity contribution in [2.24, 2.45) is 0 Å². The monoisotopic (exact) mass is 417 g/mol. The highest BCUT2D eigenvalue weighted by atomic mass is 32.2. The normalized spacial score (nSPS) is 13.8. The van der Waals surface area contributed by atoms with Gasteiger partial charge in [-0.05, 0) is 49.2 Å². The van der Waals surface area contributed by atoms with Crippen LogP contribution in [0.2, 0.25) is 0 Å². The van der Waals surface area contributed by atoms with Gasteiger partial charge in [-0.15, -0.1) is 0 Å². The number of rotatable bonds is 6. The van der Waals surface area contributed by atoms with Crippen molar-refractivity contribution in [1.82, 2.24) is 4.90 Å². The molecule has 2 amide bonds. The van der Waals surface area contributed by atoms with Crippen LogP contribution in [0.4, 0.5) is 11.4 Å². The quantitative estimate of drug-likeness (QED) is 0.752. The number of amides is 2. The fourth-order valence-electron chi connectivity index (χ4n) is 3.19. The Morgan fingerprint density at radius 1 is 1.03 bits per heavy atom. The zero-order valence-corrected chi connectivity index (χ0v) is 17.1. The number of hydrogen-bond acceptors (Lipinski definition) is 5. The molecule has 9 heteroatoms. The topological polar surface area (TPSA) is 105 Å². The molecule has 8 nitrogen and oxygen atoms in total. The van der Waals surface area contributed by atoms with E-state index in [0.29, 0.717) is 30.2 Å². The minimum absolute atomic E-state index is 0.0502. The summed E-state index contributed by atoms with van der Waals surface area (Å²) in [4.78, 5) is 25.6. The van der Waals surface area contributed by atoms with Gasteiger partial charge in [-0.2, -0.15) is 0 Å². The van der Waals surface area contributed by atoms with E-state index in [1.807, 2.05) is 0 Å². The lowest BCUT2D eigenvalue weighted by molar-refractivity contribution is -0.114. The van der Waals surface area contributed by atoms with Gasteiger partial charge < -0.3 is 15.0 Å². The number of methoxy groups -OCH3 is 1. The average Bonchev–Trinajstić information content (AvgIpc) is 3.21. The Morgan fingerprint density at radius 2 is 1.72 bits per heavy atom. The molecule has 0 aromatic heterocycles. The zero-order chi connectivity index (χ0) is 21.0. The van der Waals surface area contributed by atoms with Crippen molar-refractivity contribution in [2.75, 3.05) is 30.2 Å². The number of nitrogens with zero attached hydrogens (tertiary/aromatic N) is 1. The van der Waals surface area contributed by atoms with E-state index in [-0.39, 0.29) is 22.3 Å². The predicted molar refractivity (Wildman–Crippen MR) is 110 cm³/mol. The molecule has 2 aromatic carbocycles. The molecule has 0 radical (unpaired) electrons. The van der Waals surface area contributed by atoms with Crippen LogP contribution in [-0.2, 0) is 14.8 Å². The highest BCUT2D eigenvalue weighted by Crippen LogP contribution is 2.27. The van der Waals surface area contributed by atoms with Crippen LogP contribution < -0.4 is 14.8 Å². The Hall–Kier alpha value is -3.07. The fourth-order valence-corrected chi connectivity index (χ4v) is 4.27. The maximum atomic E-state index is 12.9. The van der Waals surface area contributed by atoms with Crippen molar-refractivity contribution in [2.45, 2.75) is 24.7 Å². The second-order valence-electron chi connectivity index (χ2n) is 6.73. The van der Waals surface area contributed by atoms with E-state index in [0.717, 1.165) is 12.8 Å². The van der Waals surface area contributed by atoms with Crippen molar-refractivity contribution < 1.29 is 22.7 Å². The average molecular weight is 417 g/mol. The number of carbonyl (C=O) groups is 2. The standard InChI is InChI=1S/C20H23N3O5S/c1-14(24)21-15-6-5-7-16(12-15)22-29(26,27)17-8-9-19(28-2)18(13-17)20(25)23-10-3-4-11-23/h5-9,12-13,22H,3-4,10-11H2,1-2H3,(H,21,24). The zero-order valence-electron chi connectivity index (χ0n) is 16.3. The smallest absolute Gasteiger partial charge is 0.261 e. The van der Waals surface area contributed by atoms with Crippen LogP contribution >= 0.6 is 0 Å². The SMILES string of the molecule is COc1ccc(S(=O)(=O)Nc2cccc(NC(C)=O)c2)cc1C(=O)N1CCCC1. The minimum atomic E-state index is -3.95. The molecule has 0 spiro atoms. The van der Waals surface area contributed by atoms with Crippen LogP contribution in [0, 0.1) is 0 Å². The van der Waals surface area contributed by atoms with Gasteiger partial charge in [-0.25, -0.2) is 8.42 Å². The molecule has 2 N–H and O–H groups in total. The number of carbonyl (C=O) groups excluding carboxylic acids is 2. The van der Waals surface area contributed by atoms with Crippen LogP contribution in [0.15, 0.2) is 47.4 Å². The molecule has 1 saturated heterocycles. The maximum absolute atomic E-state index is 12.9. The first-order valence-corrected chi connectivity index (χ1v) is 10.7. The molecule has 3 rings (SSSR count). The van der Waals surface area contributed by atoms with E-state index < -0.39 is 10.0 Å². The summed E-state index contributed by atoms with van der Waals surface area (Å²) in [6.07, 6.45) is 1.86. The van der Waals surface area contributed by atoms with Crippen LogP contribution in [0.1, 0.15) is 30.1 Å². The van der Waals surface area contributed by atoms with E-state index in [1.165, 1.54) is 38.3 Å². The van der Waals surface area contributed by atoms with Gasteiger partial charge >= 0.3 is 0 Å². The Balaban J connectivity index is 1.89. The molecule has 1 fully saturated rings. The third-order valence-electron chi connectivity index (χ3n) is 4.54. The first kappa shape index (κ1) is 20.7. The molecule has 0 aliphatic carbocycles. The lowest BCUT2D eigenvalue weighted by atomic mass is 10.1. The second-order valence-corrected chi connectivity index (χ2v) is 8.41. The van der Waals surface area contributed by atoms with Crippen molar-refractivity contribution in [1.29, 1.82) is 0 Å². The predicted octanol–water partition coefficient (Wildman–Crippen LogP) is 2.69. The lowest BCUT2D eigenvalue weighted by Gasteiger charge is -2.18. The molecule has 1 heterocycles. The summed E-state index contributed by atoms with van der Waals surface area (Å²) in [5.74, 6) is -0.178. The van der Waals surface area contributed by atoms with Crippen LogP contribution in [-0.4, -0.2) is 45.3 Å². The summed E-state index contributed by atoms with van der Waals surface area (Å²) in [6.45, 7) is 2.66. The van der Waals surface area contributed by atoms with Gasteiger partial charge in [0.25, 0.3) is 15.9 Å². The summed E-state index contributed by atoms with van der Waals surface area (Å²) < 4.78 is 33.5. The number of sulfonamides is 1. The highest BCUT2D eigenvalue weighted by Gasteiger charge is 2.25. The van der Waals surface area contributed by atoms with Crippen LogP contribution in [0.3, 0.4) is 0 Å². The molecule has 0 saturated carbocycles. The summed E-state index contributed by atoms with van der Waals surface area (Å²) in [5.41, 5.74) is 0.973. The van der Waals surface area contributed by atoms with Gasteiger partial charge in [0.05, 0.1) is 23.3 Å². The van der Waals surface area contributed by atoms with Gasteiger partial charge in [-0.3, -0.25) is 14.3 Å². The number of anilines is 2. The maximum Gasteiger partial charge on any atom is 0.261 e. The molecule has 29 heavy (non-hydrogen) atoms. The molecule has 0 unspecified atom stereocenters. The number of likely N-dealkylation sites (tertiary alicyclic amines) is 1. The van der Waals surface area contributed by atoms with E-state index >= 15 is 0 Å². The van der Waals surface area contributed by atoms with Crippen LogP contribution in [0.5, 0.6) is 5.75 Å². The summed E-state index contributed by atoms with van der Waals surface area (Å²) in [6, 6.07) is 10.6. The first-order chi connectivity index (χ1) is 13.8. The third kappa shape index (κ3) is 4.86. The Kier molecular flexibility index (Phi) is 6.07. The fraction of sp³-hybridized carbons (Fsp3) is 0.300. The second kappa shape index (κ2) is 8.52. The molecule has 2 aromatic rings. The Morgan fingerprint density at radius 3 is 2.38 bits per heavy atom. The van der Waals surface area contributed by atoms with E-state index in [1.54, 1.807) is 23.1 Å². The highest BCUT2D eigenvalue weighted by molar-refractivity contribution is 7.92. The van der Waals surface area contributed by atoms with E-state index in [4.69, 9.17) is 4.74 Å². The largest absolute Gasteiger partial charge is 0.496 e. The van der Waals surface area contributed by atoms with Crippen molar-refractivity contribution in [3.05, 3.63) is 48.0 Å². The van der Waals surface area contributed by atoms with Gasteiger partial charge in [-0.1, -0.05) is 6.07 Å². The van der Waals surface area contributed by atoms with Crippen molar-refractivity contribution in [3.63, 3.8) is 0 Å². The molecule has 1 aliphatic heterocycles. The number of nitrogens with one attached hydrogen (secondary N) is 2. The van der Waals surface area contributed by atoms with E-state index in [9.17, 15) is 18.0 Å². The lowest BCUT2D eigenvalue weighted by Crippen LogP contribution is -2.28. The molecular weight excluding hydrogens is 394 g/mol. The molecule has 0 atom stereocenters. The van der Waals surface area contributed by atoms with Gasteiger partial charge in [0.1, 0.15) is 5.75 Å². The molecule has 1 aliphatic rings. The molecule has 0 bridgehead atoms. The first-order valence-electron chi connectivity index (χ1n) is 9.18. The van der Waals surface area contributed by atoms with Crippen molar-refractivity contribution >= 4 is 33.2 Å². The number of hydrogen-bond donors (Lipinski definition) is 2. The van der Waals surface area contributed by atoms with E-state index in [2.05, 4.69) is 10.0 Å².